The lowest BCUT2D eigenvalue weighted by molar-refractivity contribution is 0.322. The van der Waals surface area contributed by atoms with Crippen LogP contribution in [0, 0.1) is 3.57 Å². The highest BCUT2D eigenvalue weighted by molar-refractivity contribution is 14.1. The maximum absolute atomic E-state index is 12.3. The van der Waals surface area contributed by atoms with Gasteiger partial charge in [0, 0.05) is 23.7 Å². The Labute approximate surface area is 126 Å². The first kappa shape index (κ1) is 13.2. The van der Waals surface area contributed by atoms with Crippen molar-refractivity contribution >= 4 is 33.6 Å². The largest absolute Gasteiger partial charge is 0.328 e. The zero-order valence-electron chi connectivity index (χ0n) is 11.1. The highest BCUT2D eigenvalue weighted by atomic mass is 127. The molecule has 1 saturated heterocycles. The quantitative estimate of drug-likeness (QED) is 0.774. The molecule has 1 aromatic heterocycles. The maximum Gasteiger partial charge on any atom is 0.328 e. The monoisotopic (exact) mass is 371 g/mol. The summed E-state index contributed by atoms with van der Waals surface area (Å²) in [5.74, 6) is 0. The Morgan fingerprint density at radius 3 is 2.63 bits per heavy atom. The lowest BCUT2D eigenvalue weighted by Crippen LogP contribution is -2.29. The van der Waals surface area contributed by atoms with Crippen LogP contribution in [0.3, 0.4) is 0 Å². The molecule has 0 N–H and O–H groups in total. The number of rotatable bonds is 3. The fourth-order valence-corrected chi connectivity index (χ4v) is 3.32. The van der Waals surface area contributed by atoms with Crippen molar-refractivity contribution in [1.82, 2.24) is 14.0 Å². The average Bonchev–Trinajstić information content (AvgIpc) is 2.98. The minimum absolute atomic E-state index is 0.0937. The van der Waals surface area contributed by atoms with Gasteiger partial charge in [0.1, 0.15) is 0 Å². The first-order chi connectivity index (χ1) is 9.16. The summed E-state index contributed by atoms with van der Waals surface area (Å²) >= 11 is 2.28. The number of fused-ring (bicyclic) bond motifs is 1. The van der Waals surface area contributed by atoms with Gasteiger partial charge in [-0.15, -0.1) is 0 Å². The Kier molecular flexibility index (Phi) is 3.66. The van der Waals surface area contributed by atoms with E-state index in [1.54, 1.807) is 4.57 Å². The molecule has 1 fully saturated rings. The summed E-state index contributed by atoms with van der Waals surface area (Å²) < 4.78 is 4.82. The minimum Gasteiger partial charge on any atom is -0.302 e. The van der Waals surface area contributed by atoms with Gasteiger partial charge < -0.3 is 4.90 Å². The van der Waals surface area contributed by atoms with Crippen LogP contribution in [-0.4, -0.2) is 33.7 Å². The second-order valence-corrected chi connectivity index (χ2v) is 6.42. The van der Waals surface area contributed by atoms with Crippen molar-refractivity contribution in [3.8, 4) is 0 Å². The molecule has 2 aromatic rings. The van der Waals surface area contributed by atoms with Crippen molar-refractivity contribution < 1.29 is 0 Å². The Balaban J connectivity index is 1.93. The Bertz CT molecular complexity index is 652. The first-order valence-corrected chi connectivity index (χ1v) is 7.82. The van der Waals surface area contributed by atoms with E-state index in [1.165, 1.54) is 25.9 Å². The topological polar surface area (TPSA) is 30.2 Å². The van der Waals surface area contributed by atoms with E-state index in [4.69, 9.17) is 0 Å². The number of hydrogen-bond donors (Lipinski definition) is 0. The molecule has 1 aliphatic heterocycles. The molecule has 1 aliphatic rings. The van der Waals surface area contributed by atoms with Crippen molar-refractivity contribution in [2.45, 2.75) is 19.4 Å². The van der Waals surface area contributed by atoms with Crippen LogP contribution in [0.5, 0.6) is 0 Å². The maximum atomic E-state index is 12.3. The molecule has 0 unspecified atom stereocenters. The molecule has 3 rings (SSSR count). The predicted molar refractivity (Wildman–Crippen MR) is 85.6 cm³/mol. The fraction of sp³-hybridized carbons (Fsp3) is 0.500. The number of nitrogens with zero attached hydrogens (tertiary/aromatic N) is 3. The lowest BCUT2D eigenvalue weighted by Gasteiger charge is -2.14. The van der Waals surface area contributed by atoms with Gasteiger partial charge >= 0.3 is 5.69 Å². The molecular formula is C14H18IN3O. The first-order valence-electron chi connectivity index (χ1n) is 6.74. The molecule has 2 heterocycles. The standard InChI is InChI=1S/C14H18IN3O/c1-16-13-10-11(15)4-5-12(13)18(14(16)19)9-8-17-6-2-3-7-17/h4-5,10H,2-3,6-9H2,1H3. The molecule has 0 saturated carbocycles. The molecule has 1 aromatic carbocycles. The summed E-state index contributed by atoms with van der Waals surface area (Å²) in [5.41, 5.74) is 2.17. The van der Waals surface area contributed by atoms with Crippen LogP contribution in [-0.2, 0) is 13.6 Å². The second-order valence-electron chi connectivity index (χ2n) is 5.18. The molecule has 0 atom stereocenters. The van der Waals surface area contributed by atoms with Crippen molar-refractivity contribution in [3.05, 3.63) is 32.3 Å². The molecule has 4 nitrogen and oxygen atoms in total. The number of imidazole rings is 1. The summed E-state index contributed by atoms with van der Waals surface area (Å²) in [6, 6.07) is 6.20. The van der Waals surface area contributed by atoms with Crippen LogP contribution in [0.25, 0.3) is 11.0 Å². The summed E-state index contributed by atoms with van der Waals surface area (Å²) in [6.07, 6.45) is 2.59. The van der Waals surface area contributed by atoms with E-state index in [2.05, 4.69) is 45.7 Å². The van der Waals surface area contributed by atoms with Crippen LogP contribution in [0.15, 0.2) is 23.0 Å². The van der Waals surface area contributed by atoms with Crippen LogP contribution in [0.4, 0.5) is 0 Å². The van der Waals surface area contributed by atoms with Crippen molar-refractivity contribution in [2.24, 2.45) is 7.05 Å². The van der Waals surface area contributed by atoms with Crippen molar-refractivity contribution in [3.63, 3.8) is 0 Å². The van der Waals surface area contributed by atoms with Crippen LogP contribution >= 0.6 is 22.6 Å². The minimum atomic E-state index is 0.0937. The van der Waals surface area contributed by atoms with Gasteiger partial charge in [-0.2, -0.15) is 0 Å². The molecule has 0 spiro atoms. The third-order valence-corrected chi connectivity index (χ3v) is 4.62. The van der Waals surface area contributed by atoms with E-state index in [-0.39, 0.29) is 5.69 Å². The summed E-state index contributed by atoms with van der Waals surface area (Å²) in [7, 11) is 1.85. The zero-order valence-corrected chi connectivity index (χ0v) is 13.3. The number of halogens is 1. The highest BCUT2D eigenvalue weighted by Gasteiger charge is 2.14. The molecule has 0 amide bonds. The predicted octanol–water partition coefficient (Wildman–Crippen LogP) is 2.04. The van der Waals surface area contributed by atoms with Gasteiger partial charge in [-0.25, -0.2) is 4.79 Å². The third kappa shape index (κ3) is 2.45. The van der Waals surface area contributed by atoms with Gasteiger partial charge in [0.05, 0.1) is 11.0 Å². The van der Waals surface area contributed by atoms with E-state index in [1.807, 2.05) is 11.6 Å². The number of hydrogen-bond acceptors (Lipinski definition) is 2. The molecule has 0 bridgehead atoms. The zero-order chi connectivity index (χ0) is 13.4. The van der Waals surface area contributed by atoms with Gasteiger partial charge in [-0.3, -0.25) is 9.13 Å². The van der Waals surface area contributed by atoms with Gasteiger partial charge in [-0.05, 0) is 66.7 Å². The van der Waals surface area contributed by atoms with E-state index in [9.17, 15) is 4.79 Å². The van der Waals surface area contributed by atoms with Gasteiger partial charge in [0.2, 0.25) is 0 Å². The van der Waals surface area contributed by atoms with Crippen LogP contribution < -0.4 is 5.69 Å². The third-order valence-electron chi connectivity index (χ3n) is 3.95. The molecule has 0 aliphatic carbocycles. The van der Waals surface area contributed by atoms with E-state index >= 15 is 0 Å². The van der Waals surface area contributed by atoms with Gasteiger partial charge in [-0.1, -0.05) is 0 Å². The van der Waals surface area contributed by atoms with Crippen molar-refractivity contribution in [2.75, 3.05) is 19.6 Å². The molecular weight excluding hydrogens is 353 g/mol. The number of aromatic nitrogens is 2. The Morgan fingerprint density at radius 2 is 1.89 bits per heavy atom. The Morgan fingerprint density at radius 1 is 1.16 bits per heavy atom. The summed E-state index contributed by atoms with van der Waals surface area (Å²) in [4.78, 5) is 14.8. The Hall–Kier alpha value is -0.820. The second kappa shape index (κ2) is 5.28. The van der Waals surface area contributed by atoms with E-state index in [0.29, 0.717) is 0 Å². The molecule has 102 valence electrons. The fourth-order valence-electron chi connectivity index (χ4n) is 2.84. The SMILES string of the molecule is Cn1c(=O)n(CCN2CCCC2)c2ccc(I)cc21. The summed E-state index contributed by atoms with van der Waals surface area (Å²) in [6.45, 7) is 4.12. The van der Waals surface area contributed by atoms with Crippen molar-refractivity contribution in [1.29, 1.82) is 0 Å². The van der Waals surface area contributed by atoms with Crippen LogP contribution in [0.1, 0.15) is 12.8 Å². The number of aryl methyl sites for hydroxylation is 1. The number of benzene rings is 1. The van der Waals surface area contributed by atoms with Crippen LogP contribution in [0.2, 0.25) is 0 Å². The molecule has 0 radical (unpaired) electrons. The smallest absolute Gasteiger partial charge is 0.302 e. The lowest BCUT2D eigenvalue weighted by atomic mass is 10.3. The average molecular weight is 371 g/mol. The van der Waals surface area contributed by atoms with E-state index in [0.717, 1.165) is 27.7 Å². The molecule has 19 heavy (non-hydrogen) atoms. The highest BCUT2D eigenvalue weighted by Crippen LogP contribution is 2.16. The number of likely N-dealkylation sites (tertiary alicyclic amines) is 1. The van der Waals surface area contributed by atoms with E-state index < -0.39 is 0 Å². The molecule has 5 heteroatoms. The summed E-state index contributed by atoms with van der Waals surface area (Å²) in [5, 5.41) is 0. The normalized spacial score (nSPS) is 16.5. The van der Waals surface area contributed by atoms with Gasteiger partial charge in [0.25, 0.3) is 0 Å². The van der Waals surface area contributed by atoms with Gasteiger partial charge in [0.15, 0.2) is 0 Å².